The Hall–Kier alpha value is -2.24. The number of fused-ring (bicyclic) bond motifs is 1. The Kier molecular flexibility index (Phi) is 6.21. The number of benzene rings is 2. The molecule has 0 spiro atoms. The molecule has 0 bridgehead atoms. The smallest absolute Gasteiger partial charge is 0.250 e. The second-order valence-corrected chi connectivity index (χ2v) is 9.85. The number of carbonyl (C=O) groups excluding carboxylic acids is 1. The predicted octanol–water partition coefficient (Wildman–Crippen LogP) is 5.79. The molecule has 1 unspecified atom stereocenters. The molecular weight excluding hydrogens is 395 g/mol. The third-order valence-electron chi connectivity index (χ3n) is 6.47. The second-order valence-electron chi connectivity index (χ2n) is 8.71. The van der Waals surface area contributed by atoms with Gasteiger partial charge in [-0.1, -0.05) is 30.3 Å². The van der Waals surface area contributed by atoms with Crippen LogP contribution in [-0.4, -0.2) is 24.9 Å². The van der Waals surface area contributed by atoms with Crippen LogP contribution in [0.25, 0.3) is 10.1 Å². The van der Waals surface area contributed by atoms with Crippen LogP contribution in [0.4, 0.5) is 4.39 Å². The quantitative estimate of drug-likeness (QED) is 0.544. The monoisotopic (exact) mass is 424 g/mol. The topological polar surface area (TPSA) is 46.3 Å². The van der Waals surface area contributed by atoms with Crippen LogP contribution in [0.3, 0.4) is 0 Å². The highest BCUT2D eigenvalue weighted by Gasteiger charge is 2.31. The van der Waals surface area contributed by atoms with Crippen molar-refractivity contribution in [3.63, 3.8) is 0 Å². The van der Waals surface area contributed by atoms with Crippen LogP contribution in [0.2, 0.25) is 0 Å². The lowest BCUT2D eigenvalue weighted by Gasteiger charge is -2.37. The van der Waals surface area contributed by atoms with E-state index in [0.717, 1.165) is 52.6 Å². The summed E-state index contributed by atoms with van der Waals surface area (Å²) < 4.78 is 14.9. The Balaban J connectivity index is 1.48. The van der Waals surface area contributed by atoms with Crippen molar-refractivity contribution in [1.82, 2.24) is 4.90 Å². The molecule has 5 heteroatoms. The number of primary amides is 1. The van der Waals surface area contributed by atoms with Gasteiger partial charge in [-0.25, -0.2) is 4.39 Å². The first kappa shape index (κ1) is 21.0. The lowest BCUT2D eigenvalue weighted by atomic mass is 9.75. The maximum Gasteiger partial charge on any atom is 0.250 e. The van der Waals surface area contributed by atoms with E-state index < -0.39 is 0 Å². The molecule has 0 radical (unpaired) electrons. The van der Waals surface area contributed by atoms with Crippen molar-refractivity contribution in [3.05, 3.63) is 70.4 Å². The second kappa shape index (κ2) is 8.86. The zero-order chi connectivity index (χ0) is 21.3. The van der Waals surface area contributed by atoms with Gasteiger partial charge in [0.15, 0.2) is 0 Å². The first-order valence-corrected chi connectivity index (χ1v) is 11.5. The summed E-state index contributed by atoms with van der Waals surface area (Å²) in [5.74, 6) is 0.575. The van der Waals surface area contributed by atoms with E-state index in [0.29, 0.717) is 17.4 Å². The van der Waals surface area contributed by atoms with E-state index in [4.69, 9.17) is 5.73 Å². The van der Waals surface area contributed by atoms with Crippen LogP contribution in [0, 0.1) is 17.7 Å². The average Bonchev–Trinajstić information content (AvgIpc) is 3.07. The molecule has 1 amide bonds. The highest BCUT2D eigenvalue weighted by atomic mass is 32.1. The van der Waals surface area contributed by atoms with Gasteiger partial charge in [0.1, 0.15) is 5.82 Å². The van der Waals surface area contributed by atoms with E-state index in [1.807, 2.05) is 24.3 Å². The summed E-state index contributed by atoms with van der Waals surface area (Å²) in [7, 11) is 4.16. The van der Waals surface area contributed by atoms with Crippen molar-refractivity contribution in [2.24, 2.45) is 17.6 Å². The third kappa shape index (κ3) is 4.28. The summed E-state index contributed by atoms with van der Waals surface area (Å²) in [5, 5.41) is 0.984. The number of rotatable bonds is 6. The molecule has 3 aromatic rings. The SMILES string of the molecule is CN(C)C(c1cccc(F)c1)C1CCC(Cc2sc3ccccc3c2C(N)=O)CC1. The summed E-state index contributed by atoms with van der Waals surface area (Å²) in [6.07, 6.45) is 5.38. The van der Waals surface area contributed by atoms with Gasteiger partial charge in [0.2, 0.25) is 5.91 Å². The maximum atomic E-state index is 13.8. The van der Waals surface area contributed by atoms with E-state index in [1.54, 1.807) is 23.5 Å². The van der Waals surface area contributed by atoms with Gasteiger partial charge in [-0.2, -0.15) is 0 Å². The molecule has 1 atom stereocenters. The number of amides is 1. The number of carbonyl (C=O) groups is 1. The Morgan fingerprint density at radius 1 is 1.13 bits per heavy atom. The van der Waals surface area contributed by atoms with E-state index in [-0.39, 0.29) is 17.8 Å². The maximum absolute atomic E-state index is 13.8. The van der Waals surface area contributed by atoms with Crippen LogP contribution in [-0.2, 0) is 6.42 Å². The van der Waals surface area contributed by atoms with Crippen LogP contribution in [0.5, 0.6) is 0 Å². The normalized spacial score (nSPS) is 20.5. The summed E-state index contributed by atoms with van der Waals surface area (Å²) in [6, 6.07) is 15.3. The molecule has 1 aliphatic carbocycles. The van der Waals surface area contributed by atoms with Crippen molar-refractivity contribution in [2.75, 3.05) is 14.1 Å². The van der Waals surface area contributed by atoms with Crippen LogP contribution in [0.1, 0.15) is 52.5 Å². The molecule has 2 aromatic carbocycles. The Labute approximate surface area is 181 Å². The zero-order valence-electron chi connectivity index (χ0n) is 17.6. The highest BCUT2D eigenvalue weighted by molar-refractivity contribution is 7.19. The van der Waals surface area contributed by atoms with Gasteiger partial charge in [-0.3, -0.25) is 4.79 Å². The first-order valence-electron chi connectivity index (χ1n) is 10.7. The number of hydrogen-bond acceptors (Lipinski definition) is 3. The van der Waals surface area contributed by atoms with Crippen molar-refractivity contribution >= 4 is 27.3 Å². The zero-order valence-corrected chi connectivity index (χ0v) is 18.4. The molecule has 1 aliphatic rings. The molecule has 1 aromatic heterocycles. The van der Waals surface area contributed by atoms with Crippen molar-refractivity contribution < 1.29 is 9.18 Å². The van der Waals surface area contributed by atoms with Gasteiger partial charge in [0, 0.05) is 21.0 Å². The minimum atomic E-state index is -0.324. The molecule has 3 nitrogen and oxygen atoms in total. The molecule has 2 N–H and O–H groups in total. The van der Waals surface area contributed by atoms with Crippen LogP contribution < -0.4 is 5.73 Å². The Morgan fingerprint density at radius 3 is 2.53 bits per heavy atom. The van der Waals surface area contributed by atoms with E-state index in [1.165, 1.54) is 6.07 Å². The first-order chi connectivity index (χ1) is 14.4. The van der Waals surface area contributed by atoms with Gasteiger partial charge in [-0.15, -0.1) is 11.3 Å². The third-order valence-corrected chi connectivity index (χ3v) is 7.67. The lowest BCUT2D eigenvalue weighted by molar-refractivity contribution is 0.100. The van der Waals surface area contributed by atoms with Gasteiger partial charge < -0.3 is 10.6 Å². The predicted molar refractivity (Wildman–Crippen MR) is 122 cm³/mol. The van der Waals surface area contributed by atoms with Crippen molar-refractivity contribution in [2.45, 2.75) is 38.1 Å². The molecular formula is C25H29FN2OS. The fourth-order valence-electron chi connectivity index (χ4n) is 5.16. The Bertz CT molecular complexity index is 1040. The number of nitrogens with two attached hydrogens (primary N) is 1. The standard InChI is InChI=1S/C25H29FN2OS/c1-28(2)24(18-6-5-7-19(26)15-18)17-12-10-16(11-13-17)14-22-23(25(27)29)20-8-3-4-9-21(20)30-22/h3-9,15-17,24H,10-14H2,1-2H3,(H2,27,29). The molecule has 0 saturated heterocycles. The van der Waals surface area contributed by atoms with E-state index in [2.05, 4.69) is 25.1 Å². The average molecular weight is 425 g/mol. The van der Waals surface area contributed by atoms with E-state index in [9.17, 15) is 9.18 Å². The number of nitrogens with zero attached hydrogens (tertiary/aromatic N) is 1. The van der Waals surface area contributed by atoms with Crippen molar-refractivity contribution in [1.29, 1.82) is 0 Å². The lowest BCUT2D eigenvalue weighted by Crippen LogP contribution is -2.31. The summed E-state index contributed by atoms with van der Waals surface area (Å²) in [6.45, 7) is 0. The number of thiophene rings is 1. The van der Waals surface area contributed by atoms with Crippen LogP contribution in [0.15, 0.2) is 48.5 Å². The minimum Gasteiger partial charge on any atom is -0.366 e. The molecule has 158 valence electrons. The largest absolute Gasteiger partial charge is 0.366 e. The van der Waals surface area contributed by atoms with E-state index >= 15 is 0 Å². The highest BCUT2D eigenvalue weighted by Crippen LogP contribution is 2.42. The van der Waals surface area contributed by atoms with Gasteiger partial charge in [0.05, 0.1) is 5.56 Å². The molecule has 4 rings (SSSR count). The number of hydrogen-bond donors (Lipinski definition) is 1. The summed E-state index contributed by atoms with van der Waals surface area (Å²) in [5.41, 5.74) is 7.50. The minimum absolute atomic E-state index is 0.170. The summed E-state index contributed by atoms with van der Waals surface area (Å²) in [4.78, 5) is 15.5. The Morgan fingerprint density at radius 2 is 1.87 bits per heavy atom. The van der Waals surface area contributed by atoms with Gasteiger partial charge in [0.25, 0.3) is 0 Å². The fraction of sp³-hybridized carbons (Fsp3) is 0.400. The van der Waals surface area contributed by atoms with Gasteiger partial charge in [-0.05, 0) is 81.8 Å². The van der Waals surface area contributed by atoms with Crippen molar-refractivity contribution in [3.8, 4) is 0 Å². The number of halogens is 1. The van der Waals surface area contributed by atoms with Crippen LogP contribution >= 0.6 is 11.3 Å². The fourth-order valence-corrected chi connectivity index (χ4v) is 6.49. The molecule has 0 aliphatic heterocycles. The molecule has 1 heterocycles. The molecule has 30 heavy (non-hydrogen) atoms. The molecule has 1 saturated carbocycles. The summed E-state index contributed by atoms with van der Waals surface area (Å²) >= 11 is 1.71. The van der Waals surface area contributed by atoms with Gasteiger partial charge >= 0.3 is 0 Å². The molecule has 1 fully saturated rings.